The Hall–Kier alpha value is -3.90. The van der Waals surface area contributed by atoms with Crippen molar-refractivity contribution in [3.8, 4) is 5.69 Å². The summed E-state index contributed by atoms with van der Waals surface area (Å²) in [5.41, 5.74) is 0.708. The van der Waals surface area contributed by atoms with Gasteiger partial charge in [0.05, 0.1) is 23.9 Å². The standard InChI is InChI=1S/C22H19FN6O4S/c23-16-8-7-14(11-19(16)34(32,33)28-9-3-4-10-28)21(30)27-17-5-1-2-6-18(17)29-20-15(12-26-29)22(31)25-13-24-20/h1-2,5-8,11-13H,3-4,9-10H2,(H,27,30)(H,24,25,31). The van der Waals surface area contributed by atoms with Gasteiger partial charge in [0.15, 0.2) is 5.65 Å². The van der Waals surface area contributed by atoms with Crippen LogP contribution in [0.1, 0.15) is 23.2 Å². The van der Waals surface area contributed by atoms with Crippen LogP contribution in [-0.4, -0.2) is 51.5 Å². The molecule has 0 radical (unpaired) electrons. The molecule has 1 saturated heterocycles. The van der Waals surface area contributed by atoms with Gasteiger partial charge >= 0.3 is 0 Å². The highest BCUT2D eigenvalue weighted by Crippen LogP contribution is 2.26. The average molecular weight is 482 g/mol. The number of nitrogens with one attached hydrogen (secondary N) is 2. The highest BCUT2D eigenvalue weighted by molar-refractivity contribution is 7.89. The first kappa shape index (κ1) is 21.9. The maximum Gasteiger partial charge on any atom is 0.261 e. The molecule has 0 atom stereocenters. The van der Waals surface area contributed by atoms with Crippen molar-refractivity contribution in [1.29, 1.82) is 0 Å². The molecule has 1 aliphatic heterocycles. The van der Waals surface area contributed by atoms with Crippen LogP contribution < -0.4 is 10.9 Å². The van der Waals surface area contributed by atoms with Crippen LogP contribution in [0, 0.1) is 5.82 Å². The van der Waals surface area contributed by atoms with Crippen LogP contribution >= 0.6 is 0 Å². The third kappa shape index (κ3) is 3.76. The van der Waals surface area contributed by atoms with Gasteiger partial charge in [-0.2, -0.15) is 9.40 Å². The monoisotopic (exact) mass is 482 g/mol. The number of H-pyrrole nitrogens is 1. The van der Waals surface area contributed by atoms with Crippen LogP contribution in [-0.2, 0) is 10.0 Å². The Bertz CT molecular complexity index is 1570. The first-order chi connectivity index (χ1) is 16.4. The summed E-state index contributed by atoms with van der Waals surface area (Å²) in [5, 5.41) is 7.21. The molecule has 5 rings (SSSR count). The number of halogens is 1. The molecule has 2 aromatic heterocycles. The lowest BCUT2D eigenvalue weighted by Gasteiger charge is -2.17. The molecule has 2 aromatic carbocycles. The molecule has 4 aromatic rings. The van der Waals surface area contributed by atoms with Crippen molar-refractivity contribution < 1.29 is 17.6 Å². The Morgan fingerprint density at radius 1 is 1.12 bits per heavy atom. The summed E-state index contributed by atoms with van der Waals surface area (Å²) in [7, 11) is -4.05. The number of rotatable bonds is 5. The molecule has 0 saturated carbocycles. The summed E-state index contributed by atoms with van der Waals surface area (Å²) in [6.45, 7) is 0.639. The van der Waals surface area contributed by atoms with E-state index in [0.717, 1.165) is 12.1 Å². The molecule has 1 fully saturated rings. The Balaban J connectivity index is 1.49. The zero-order valence-corrected chi connectivity index (χ0v) is 18.5. The first-order valence-corrected chi connectivity index (χ1v) is 11.9. The molecule has 0 bridgehead atoms. The van der Waals surface area contributed by atoms with E-state index in [4.69, 9.17) is 0 Å². The Morgan fingerprint density at radius 2 is 1.88 bits per heavy atom. The lowest BCUT2D eigenvalue weighted by molar-refractivity contribution is 0.102. The maximum absolute atomic E-state index is 14.5. The molecule has 0 unspecified atom stereocenters. The number of para-hydroxylation sites is 2. The second kappa shape index (κ2) is 8.47. The Labute approximate surface area is 193 Å². The van der Waals surface area contributed by atoms with Crippen LogP contribution in [0.4, 0.5) is 10.1 Å². The van der Waals surface area contributed by atoms with Crippen LogP contribution in [0.5, 0.6) is 0 Å². The SMILES string of the molecule is O=C(Nc1ccccc1-n1ncc2c(=O)[nH]cnc21)c1ccc(F)c(S(=O)(=O)N2CCCC2)c1. The van der Waals surface area contributed by atoms with E-state index in [2.05, 4.69) is 20.4 Å². The number of hydrogen-bond donors (Lipinski definition) is 2. The average Bonchev–Trinajstić information content (AvgIpc) is 3.51. The number of anilines is 1. The Kier molecular flexibility index (Phi) is 5.46. The summed E-state index contributed by atoms with van der Waals surface area (Å²) in [6.07, 6.45) is 4.04. The van der Waals surface area contributed by atoms with Crippen LogP contribution in [0.15, 0.2) is 64.7 Å². The molecule has 10 nitrogen and oxygen atoms in total. The van der Waals surface area contributed by atoms with Crippen molar-refractivity contribution in [2.45, 2.75) is 17.7 Å². The minimum Gasteiger partial charge on any atom is -0.320 e. The zero-order valence-electron chi connectivity index (χ0n) is 17.7. The number of aromatic nitrogens is 4. The number of amides is 1. The molecule has 34 heavy (non-hydrogen) atoms. The molecule has 12 heteroatoms. The van der Waals surface area contributed by atoms with Gasteiger partial charge in [0, 0.05) is 18.7 Å². The summed E-state index contributed by atoms with van der Waals surface area (Å²) in [6, 6.07) is 9.97. The van der Waals surface area contributed by atoms with E-state index in [1.165, 1.54) is 27.6 Å². The number of nitrogens with zero attached hydrogens (tertiary/aromatic N) is 4. The fraction of sp³-hybridized carbons (Fsp3) is 0.182. The minimum absolute atomic E-state index is 0.0196. The lowest BCUT2D eigenvalue weighted by Crippen LogP contribution is -2.29. The summed E-state index contributed by atoms with van der Waals surface area (Å²) < 4.78 is 42.8. The topological polar surface area (TPSA) is 130 Å². The molecule has 2 N–H and O–H groups in total. The van der Waals surface area contributed by atoms with E-state index in [1.807, 2.05) is 0 Å². The van der Waals surface area contributed by atoms with Crippen molar-refractivity contribution in [3.63, 3.8) is 0 Å². The highest BCUT2D eigenvalue weighted by Gasteiger charge is 2.30. The predicted molar refractivity (Wildman–Crippen MR) is 122 cm³/mol. The Morgan fingerprint density at radius 3 is 2.68 bits per heavy atom. The lowest BCUT2D eigenvalue weighted by atomic mass is 10.2. The molecule has 3 heterocycles. The summed E-state index contributed by atoms with van der Waals surface area (Å²) in [5.74, 6) is -1.55. The van der Waals surface area contributed by atoms with Crippen molar-refractivity contribution >= 4 is 32.7 Å². The van der Waals surface area contributed by atoms with E-state index in [9.17, 15) is 22.4 Å². The molecule has 174 valence electrons. The molecule has 1 amide bonds. The number of hydrogen-bond acceptors (Lipinski definition) is 6. The van der Waals surface area contributed by atoms with Gasteiger partial charge in [0.25, 0.3) is 11.5 Å². The molecule has 1 aliphatic rings. The molecular formula is C22H19FN6O4S. The van der Waals surface area contributed by atoms with Crippen molar-refractivity contribution in [2.75, 3.05) is 18.4 Å². The van der Waals surface area contributed by atoms with E-state index in [-0.39, 0.29) is 16.5 Å². The maximum atomic E-state index is 14.5. The molecular weight excluding hydrogens is 463 g/mol. The normalized spacial score (nSPS) is 14.5. The van der Waals surface area contributed by atoms with Gasteiger partial charge in [-0.15, -0.1) is 0 Å². The van der Waals surface area contributed by atoms with Crippen LogP contribution in [0.25, 0.3) is 16.7 Å². The van der Waals surface area contributed by atoms with Gasteiger partial charge in [0.1, 0.15) is 16.1 Å². The third-order valence-corrected chi connectivity index (χ3v) is 7.54. The van der Waals surface area contributed by atoms with Crippen molar-refractivity contribution in [1.82, 2.24) is 24.1 Å². The van der Waals surface area contributed by atoms with Crippen LogP contribution in [0.2, 0.25) is 0 Å². The van der Waals surface area contributed by atoms with E-state index < -0.39 is 26.6 Å². The number of aromatic amines is 1. The van der Waals surface area contributed by atoms with Crippen molar-refractivity contribution in [2.24, 2.45) is 0 Å². The smallest absolute Gasteiger partial charge is 0.261 e. The number of benzene rings is 2. The summed E-state index contributed by atoms with van der Waals surface area (Å²) >= 11 is 0. The fourth-order valence-corrected chi connectivity index (χ4v) is 5.51. The number of fused-ring (bicyclic) bond motifs is 1. The molecule has 0 aliphatic carbocycles. The van der Waals surface area contributed by atoms with E-state index in [1.54, 1.807) is 24.3 Å². The second-order valence-electron chi connectivity index (χ2n) is 7.75. The van der Waals surface area contributed by atoms with Crippen molar-refractivity contribution in [3.05, 3.63) is 76.7 Å². The largest absolute Gasteiger partial charge is 0.320 e. The van der Waals surface area contributed by atoms with Gasteiger partial charge in [-0.1, -0.05) is 12.1 Å². The predicted octanol–water partition coefficient (Wildman–Crippen LogP) is 2.28. The van der Waals surface area contributed by atoms with Gasteiger partial charge in [-0.05, 0) is 43.2 Å². The third-order valence-electron chi connectivity index (χ3n) is 5.63. The van der Waals surface area contributed by atoms with Gasteiger partial charge in [0.2, 0.25) is 10.0 Å². The van der Waals surface area contributed by atoms with Gasteiger partial charge in [-0.3, -0.25) is 9.59 Å². The number of carbonyl (C=O) groups excluding carboxylic acids is 1. The van der Waals surface area contributed by atoms with E-state index in [0.29, 0.717) is 43.0 Å². The second-order valence-corrected chi connectivity index (χ2v) is 9.66. The minimum atomic E-state index is -4.05. The number of carbonyl (C=O) groups is 1. The van der Waals surface area contributed by atoms with Gasteiger partial charge < -0.3 is 10.3 Å². The summed E-state index contributed by atoms with van der Waals surface area (Å²) in [4.78, 5) is 31.1. The van der Waals surface area contributed by atoms with E-state index >= 15 is 0 Å². The first-order valence-electron chi connectivity index (χ1n) is 10.5. The zero-order chi connectivity index (χ0) is 23.9. The van der Waals surface area contributed by atoms with Gasteiger partial charge in [-0.25, -0.2) is 22.5 Å². The molecule has 0 spiro atoms. The van der Waals surface area contributed by atoms with Crippen LogP contribution in [0.3, 0.4) is 0 Å². The quantitative estimate of drug-likeness (QED) is 0.449. The highest BCUT2D eigenvalue weighted by atomic mass is 32.2. The fourth-order valence-electron chi connectivity index (χ4n) is 3.90. The number of sulfonamides is 1.